The van der Waals surface area contributed by atoms with Crippen LogP contribution < -0.4 is 0 Å². The van der Waals surface area contributed by atoms with Crippen molar-refractivity contribution in [1.82, 2.24) is 14.7 Å². The van der Waals surface area contributed by atoms with E-state index in [0.717, 1.165) is 44.7 Å². The normalized spacial score (nSPS) is 24.0. The van der Waals surface area contributed by atoms with Gasteiger partial charge in [0.15, 0.2) is 11.6 Å². The number of aliphatic hydroxyl groups is 1. The monoisotopic (exact) mass is 381 g/mol. The summed E-state index contributed by atoms with van der Waals surface area (Å²) in [6.45, 7) is 10.4. The van der Waals surface area contributed by atoms with E-state index in [1.165, 1.54) is 25.0 Å². The zero-order valence-electron chi connectivity index (χ0n) is 16.6. The number of likely N-dealkylation sites (tertiary alicyclic amines) is 1. The summed E-state index contributed by atoms with van der Waals surface area (Å²) in [5.41, 5.74) is 0.801. The molecule has 0 aromatic heterocycles. The van der Waals surface area contributed by atoms with Crippen LogP contribution in [0.1, 0.15) is 38.7 Å². The summed E-state index contributed by atoms with van der Waals surface area (Å²) in [5.74, 6) is -1.58. The van der Waals surface area contributed by atoms with Crippen LogP contribution in [0.5, 0.6) is 0 Å². The zero-order chi connectivity index (χ0) is 19.4. The molecular formula is C21H33F2N3O. The van der Waals surface area contributed by atoms with E-state index in [0.29, 0.717) is 24.7 Å². The quantitative estimate of drug-likeness (QED) is 0.821. The second-order valence-electron chi connectivity index (χ2n) is 8.25. The Kier molecular flexibility index (Phi) is 7.20. The Morgan fingerprint density at radius 2 is 1.81 bits per heavy atom. The first-order valence-corrected chi connectivity index (χ1v) is 10.2. The fourth-order valence-corrected chi connectivity index (χ4v) is 4.59. The smallest absolute Gasteiger partial charge is 0.159 e. The van der Waals surface area contributed by atoms with Gasteiger partial charge in [0.05, 0.1) is 0 Å². The predicted octanol–water partition coefficient (Wildman–Crippen LogP) is 2.71. The second-order valence-corrected chi connectivity index (χ2v) is 8.25. The van der Waals surface area contributed by atoms with Crippen molar-refractivity contribution in [2.24, 2.45) is 0 Å². The molecular weight excluding hydrogens is 348 g/mol. The summed E-state index contributed by atoms with van der Waals surface area (Å²) < 4.78 is 26.6. The highest BCUT2D eigenvalue weighted by molar-refractivity contribution is 5.17. The number of piperidine rings is 1. The molecule has 4 nitrogen and oxygen atoms in total. The number of piperazine rings is 1. The maximum Gasteiger partial charge on any atom is 0.159 e. The lowest BCUT2D eigenvalue weighted by Crippen LogP contribution is -2.58. The van der Waals surface area contributed by atoms with Crippen LogP contribution in [0.4, 0.5) is 8.78 Å². The van der Waals surface area contributed by atoms with Gasteiger partial charge in [-0.1, -0.05) is 6.07 Å². The van der Waals surface area contributed by atoms with E-state index in [1.807, 2.05) is 0 Å². The van der Waals surface area contributed by atoms with Crippen molar-refractivity contribution in [2.75, 3.05) is 39.3 Å². The topological polar surface area (TPSA) is 30.0 Å². The summed E-state index contributed by atoms with van der Waals surface area (Å²) >= 11 is 0. The average molecular weight is 382 g/mol. The van der Waals surface area contributed by atoms with Crippen molar-refractivity contribution in [3.05, 3.63) is 35.4 Å². The van der Waals surface area contributed by atoms with Gasteiger partial charge >= 0.3 is 0 Å². The summed E-state index contributed by atoms with van der Waals surface area (Å²) in [5, 5.41) is 9.55. The minimum atomic E-state index is -0.797. The van der Waals surface area contributed by atoms with Crippen molar-refractivity contribution >= 4 is 0 Å². The second kappa shape index (κ2) is 9.41. The molecule has 3 rings (SSSR count). The number of benzene rings is 1. The Labute approximate surface area is 161 Å². The number of aliphatic hydroxyl groups excluding tert-OH is 1. The molecule has 152 valence electrons. The first-order chi connectivity index (χ1) is 13.0. The fourth-order valence-electron chi connectivity index (χ4n) is 4.59. The molecule has 6 heteroatoms. The third kappa shape index (κ3) is 5.25. The van der Waals surface area contributed by atoms with Gasteiger partial charge in [-0.25, -0.2) is 8.78 Å². The van der Waals surface area contributed by atoms with Gasteiger partial charge in [0, 0.05) is 50.9 Å². The molecule has 0 radical (unpaired) electrons. The van der Waals surface area contributed by atoms with Crippen LogP contribution in [0.25, 0.3) is 0 Å². The lowest BCUT2D eigenvalue weighted by Gasteiger charge is -2.48. The van der Waals surface area contributed by atoms with Gasteiger partial charge in [-0.3, -0.25) is 9.80 Å². The molecule has 0 unspecified atom stereocenters. The fraction of sp³-hybridized carbons (Fsp3) is 0.714. The van der Waals surface area contributed by atoms with E-state index in [-0.39, 0.29) is 6.61 Å². The van der Waals surface area contributed by atoms with Gasteiger partial charge in [0.2, 0.25) is 0 Å². The number of nitrogens with zero attached hydrogens (tertiary/aromatic N) is 3. The van der Waals surface area contributed by atoms with Crippen LogP contribution in [-0.4, -0.2) is 77.3 Å². The number of rotatable bonds is 6. The molecule has 2 heterocycles. The molecule has 2 saturated heterocycles. The van der Waals surface area contributed by atoms with Crippen LogP contribution in [0.2, 0.25) is 0 Å². The minimum Gasteiger partial charge on any atom is -0.396 e. The SMILES string of the molecule is CC(C)N1CCC(N2CCN(Cc3ccc(F)c(F)c3)C[C@@H]2CCO)CC1. The van der Waals surface area contributed by atoms with Crippen LogP contribution in [0, 0.1) is 11.6 Å². The van der Waals surface area contributed by atoms with E-state index in [9.17, 15) is 13.9 Å². The first kappa shape index (κ1) is 20.6. The Bertz CT molecular complexity index is 605. The molecule has 0 aliphatic carbocycles. The summed E-state index contributed by atoms with van der Waals surface area (Å²) in [6.07, 6.45) is 3.13. The third-order valence-electron chi connectivity index (χ3n) is 6.16. The van der Waals surface area contributed by atoms with Gasteiger partial charge in [0.1, 0.15) is 0 Å². The first-order valence-electron chi connectivity index (χ1n) is 10.2. The largest absolute Gasteiger partial charge is 0.396 e. The molecule has 1 atom stereocenters. The molecule has 1 N–H and O–H groups in total. The number of halogens is 2. The maximum absolute atomic E-state index is 13.5. The third-order valence-corrected chi connectivity index (χ3v) is 6.16. The molecule has 27 heavy (non-hydrogen) atoms. The lowest BCUT2D eigenvalue weighted by molar-refractivity contribution is -0.0000541. The number of hydrogen-bond acceptors (Lipinski definition) is 4. The molecule has 0 saturated carbocycles. The van der Waals surface area contributed by atoms with Crippen molar-refractivity contribution in [3.63, 3.8) is 0 Å². The predicted molar refractivity (Wildman–Crippen MR) is 104 cm³/mol. The van der Waals surface area contributed by atoms with Gasteiger partial charge in [-0.05, 0) is 63.9 Å². The Morgan fingerprint density at radius 3 is 2.44 bits per heavy atom. The molecule has 2 aliphatic heterocycles. The highest BCUT2D eigenvalue weighted by atomic mass is 19.2. The van der Waals surface area contributed by atoms with Crippen molar-refractivity contribution in [3.8, 4) is 0 Å². The highest BCUT2D eigenvalue weighted by Gasteiger charge is 2.33. The van der Waals surface area contributed by atoms with Gasteiger partial charge in [0.25, 0.3) is 0 Å². The van der Waals surface area contributed by atoms with Crippen LogP contribution in [-0.2, 0) is 6.54 Å². The lowest BCUT2D eigenvalue weighted by atomic mass is 9.97. The van der Waals surface area contributed by atoms with Gasteiger partial charge < -0.3 is 10.0 Å². The van der Waals surface area contributed by atoms with E-state index in [1.54, 1.807) is 6.07 Å². The highest BCUT2D eigenvalue weighted by Crippen LogP contribution is 2.25. The Morgan fingerprint density at radius 1 is 1.07 bits per heavy atom. The van der Waals surface area contributed by atoms with E-state index in [2.05, 4.69) is 28.5 Å². The Hall–Kier alpha value is -1.08. The molecule has 0 bridgehead atoms. The molecule has 2 fully saturated rings. The van der Waals surface area contributed by atoms with E-state index in [4.69, 9.17) is 0 Å². The maximum atomic E-state index is 13.5. The zero-order valence-corrected chi connectivity index (χ0v) is 16.6. The Balaban J connectivity index is 1.59. The minimum absolute atomic E-state index is 0.186. The van der Waals surface area contributed by atoms with Gasteiger partial charge in [-0.15, -0.1) is 0 Å². The average Bonchev–Trinajstić information content (AvgIpc) is 2.65. The molecule has 1 aromatic rings. The van der Waals surface area contributed by atoms with E-state index < -0.39 is 11.6 Å². The summed E-state index contributed by atoms with van der Waals surface area (Å²) in [4.78, 5) is 7.43. The molecule has 1 aromatic carbocycles. The van der Waals surface area contributed by atoms with Crippen molar-refractivity contribution < 1.29 is 13.9 Å². The van der Waals surface area contributed by atoms with Crippen LogP contribution >= 0.6 is 0 Å². The standard InChI is InChI=1S/C21H33F2N3O/c1-16(2)25-8-5-18(6-9-25)26-11-10-24(15-19(26)7-12-27)14-17-3-4-20(22)21(23)13-17/h3-4,13,16,18-19,27H,5-12,14-15H2,1-2H3/t19-/m0/s1. The van der Waals surface area contributed by atoms with Gasteiger partial charge in [-0.2, -0.15) is 0 Å². The molecule has 0 amide bonds. The summed E-state index contributed by atoms with van der Waals surface area (Å²) in [6, 6.07) is 5.67. The molecule has 0 spiro atoms. The number of hydrogen-bond donors (Lipinski definition) is 1. The van der Waals surface area contributed by atoms with Crippen molar-refractivity contribution in [1.29, 1.82) is 0 Å². The summed E-state index contributed by atoms with van der Waals surface area (Å²) in [7, 11) is 0. The van der Waals surface area contributed by atoms with Crippen molar-refractivity contribution in [2.45, 2.75) is 57.8 Å². The van der Waals surface area contributed by atoms with Crippen LogP contribution in [0.15, 0.2) is 18.2 Å². The van der Waals surface area contributed by atoms with E-state index >= 15 is 0 Å². The molecule has 2 aliphatic rings. The van der Waals surface area contributed by atoms with Crippen LogP contribution in [0.3, 0.4) is 0 Å².